The highest BCUT2D eigenvalue weighted by Gasteiger charge is 2.38. The summed E-state index contributed by atoms with van der Waals surface area (Å²) in [7, 11) is 0. The number of quaternary nitrogens is 1. The van der Waals surface area contributed by atoms with E-state index in [1.807, 2.05) is 72.2 Å². The van der Waals surface area contributed by atoms with Gasteiger partial charge in [0.25, 0.3) is 5.56 Å². The van der Waals surface area contributed by atoms with Gasteiger partial charge in [0.05, 0.1) is 25.3 Å². The number of aromatic nitrogens is 3. The summed E-state index contributed by atoms with van der Waals surface area (Å²) in [4.78, 5) is 34.1. The van der Waals surface area contributed by atoms with E-state index in [0.29, 0.717) is 42.7 Å². The van der Waals surface area contributed by atoms with E-state index in [-0.39, 0.29) is 30.1 Å². The van der Waals surface area contributed by atoms with Gasteiger partial charge in [0.2, 0.25) is 6.73 Å². The van der Waals surface area contributed by atoms with E-state index in [2.05, 4.69) is 5.16 Å². The van der Waals surface area contributed by atoms with Crippen LogP contribution in [0.25, 0.3) is 11.0 Å². The van der Waals surface area contributed by atoms with Crippen LogP contribution in [0.1, 0.15) is 65.5 Å². The smallest absolute Gasteiger partial charge is 0.399 e. The zero-order valence-corrected chi connectivity index (χ0v) is 28.0. The van der Waals surface area contributed by atoms with Gasteiger partial charge >= 0.3 is 6.09 Å². The highest BCUT2D eigenvalue weighted by atomic mass is 19.1. The Hall–Kier alpha value is -4.83. The molecule has 0 N–H and O–H groups in total. The Labute approximate surface area is 285 Å². The van der Waals surface area contributed by atoms with Crippen molar-refractivity contribution in [2.24, 2.45) is 0 Å². The third kappa shape index (κ3) is 7.29. The maximum Gasteiger partial charge on any atom is 0.414 e. The molecule has 0 atom stereocenters. The zero-order chi connectivity index (χ0) is 33.8. The monoisotopic (exact) mass is 664 g/mol. The molecule has 2 aliphatic rings. The number of ether oxygens (including phenoxy) is 1. The van der Waals surface area contributed by atoms with Crippen molar-refractivity contribution in [2.45, 2.75) is 71.0 Å². The topological polar surface area (TPSA) is 90.5 Å². The molecule has 1 amide bonds. The maximum absolute atomic E-state index is 13.9. The van der Waals surface area contributed by atoms with Gasteiger partial charge in [0, 0.05) is 73.9 Å². The minimum atomic E-state index is -0.372. The zero-order valence-electron chi connectivity index (χ0n) is 28.0. The highest BCUT2D eigenvalue weighted by Crippen LogP contribution is 2.35. The Bertz CT molecular complexity index is 1930. The second kappa shape index (κ2) is 14.3. The van der Waals surface area contributed by atoms with Crippen LogP contribution < -0.4 is 5.56 Å². The Balaban J connectivity index is 1.12. The normalized spacial score (nSPS) is 19.0. The molecule has 254 valence electrons. The first-order valence-electron chi connectivity index (χ1n) is 17.4. The molecule has 49 heavy (non-hydrogen) atoms. The summed E-state index contributed by atoms with van der Waals surface area (Å²) in [6.07, 6.45) is 4.62. The fourth-order valence-corrected chi connectivity index (χ4v) is 7.48. The van der Waals surface area contributed by atoms with Crippen LogP contribution in [0.4, 0.5) is 9.18 Å². The molecule has 1 saturated heterocycles. The lowest BCUT2D eigenvalue weighted by molar-refractivity contribution is -0.948. The predicted octanol–water partition coefficient (Wildman–Crippen LogP) is 6.90. The van der Waals surface area contributed by atoms with Crippen LogP contribution in [-0.4, -0.2) is 56.5 Å². The first kappa shape index (κ1) is 32.7. The molecule has 7 rings (SSSR count). The van der Waals surface area contributed by atoms with Gasteiger partial charge in [-0.1, -0.05) is 65.8 Å². The van der Waals surface area contributed by atoms with Gasteiger partial charge in [-0.25, -0.2) is 14.2 Å². The molecular weight excluding hydrogens is 621 g/mol. The number of amides is 1. The standard InChI is InChI=1S/C39H43FN5O4/c1-28-33(38(46)44-20-9-8-14-36(44)41-28)19-23-45(21-17-31(18-22-45)37-34-16-15-32(40)24-35(34)49-42-37)27-48-39(47)43(25-29-10-4-2-5-11-29)26-30-12-6-3-7-13-30/h2-7,10-13,15-16,24,31H,8-9,14,17-23,25-27H2,1H3/q+1. The highest BCUT2D eigenvalue weighted by molar-refractivity contribution is 5.79. The third-order valence-electron chi connectivity index (χ3n) is 10.3. The maximum atomic E-state index is 13.9. The SMILES string of the molecule is Cc1nc2n(c(=O)c1CC[N+]1(COC(=O)N(Cc3ccccc3)Cc3ccccc3)CCC(c3noc4cc(F)ccc34)CC1)CCCC2. The summed E-state index contributed by atoms with van der Waals surface area (Å²) >= 11 is 0. The third-order valence-corrected chi connectivity index (χ3v) is 10.3. The van der Waals surface area contributed by atoms with Crippen LogP contribution in [0.2, 0.25) is 0 Å². The van der Waals surface area contributed by atoms with Crippen LogP contribution >= 0.6 is 0 Å². The van der Waals surface area contributed by atoms with Gasteiger partial charge in [-0.2, -0.15) is 0 Å². The first-order chi connectivity index (χ1) is 23.9. The van der Waals surface area contributed by atoms with Crippen molar-refractivity contribution in [1.29, 1.82) is 0 Å². The number of nitrogens with zero attached hydrogens (tertiary/aromatic N) is 5. The molecule has 9 nitrogen and oxygen atoms in total. The van der Waals surface area contributed by atoms with Crippen molar-refractivity contribution in [3.8, 4) is 0 Å². The molecule has 0 unspecified atom stereocenters. The predicted molar refractivity (Wildman–Crippen MR) is 184 cm³/mol. The van der Waals surface area contributed by atoms with Crippen molar-refractivity contribution >= 4 is 17.1 Å². The Morgan fingerprint density at radius 2 is 1.69 bits per heavy atom. The molecule has 0 aliphatic carbocycles. The fourth-order valence-electron chi connectivity index (χ4n) is 7.48. The summed E-state index contributed by atoms with van der Waals surface area (Å²) in [5.41, 5.74) is 4.94. The average molecular weight is 665 g/mol. The molecule has 0 bridgehead atoms. The molecule has 5 aromatic rings. The second-order valence-electron chi connectivity index (χ2n) is 13.6. The van der Waals surface area contributed by atoms with Crippen molar-refractivity contribution in [1.82, 2.24) is 19.6 Å². The van der Waals surface area contributed by atoms with Crippen LogP contribution in [0.15, 0.2) is 88.2 Å². The number of piperidine rings is 1. The largest absolute Gasteiger partial charge is 0.414 e. The summed E-state index contributed by atoms with van der Waals surface area (Å²) in [5.74, 6) is 0.652. The minimum absolute atomic E-state index is 0.0606. The molecule has 3 aromatic carbocycles. The fraction of sp³-hybridized carbons (Fsp3) is 0.385. The summed E-state index contributed by atoms with van der Waals surface area (Å²) in [6.45, 7) is 5.77. The lowest BCUT2D eigenvalue weighted by Crippen LogP contribution is -2.56. The van der Waals surface area contributed by atoms with Gasteiger partial charge in [0.15, 0.2) is 5.58 Å². The van der Waals surface area contributed by atoms with Crippen molar-refractivity contribution < 1.29 is 22.9 Å². The van der Waals surface area contributed by atoms with Crippen molar-refractivity contribution in [2.75, 3.05) is 26.4 Å². The number of halogens is 1. The lowest BCUT2D eigenvalue weighted by Gasteiger charge is -2.43. The molecule has 2 aromatic heterocycles. The number of fused-ring (bicyclic) bond motifs is 2. The van der Waals surface area contributed by atoms with E-state index in [1.165, 1.54) is 12.1 Å². The lowest BCUT2D eigenvalue weighted by atomic mass is 9.90. The van der Waals surface area contributed by atoms with Gasteiger partial charge in [-0.15, -0.1) is 0 Å². The number of aryl methyl sites for hydroxylation is 2. The number of hydrogen-bond donors (Lipinski definition) is 0. The van der Waals surface area contributed by atoms with E-state index in [1.54, 1.807) is 11.0 Å². The van der Waals surface area contributed by atoms with Gasteiger partial charge in [-0.05, 0) is 43.0 Å². The molecule has 4 heterocycles. The Kier molecular flexibility index (Phi) is 9.57. The van der Waals surface area contributed by atoms with Crippen LogP contribution in [0, 0.1) is 12.7 Å². The quantitative estimate of drug-likeness (QED) is 0.151. The number of carbonyl (C=O) groups is 1. The van der Waals surface area contributed by atoms with Gasteiger partial charge < -0.3 is 9.26 Å². The van der Waals surface area contributed by atoms with Crippen LogP contribution in [0.5, 0.6) is 0 Å². The van der Waals surface area contributed by atoms with Crippen molar-refractivity contribution in [3.63, 3.8) is 0 Å². The molecule has 1 fully saturated rings. The molecule has 10 heteroatoms. The van der Waals surface area contributed by atoms with Crippen LogP contribution in [0.3, 0.4) is 0 Å². The van der Waals surface area contributed by atoms with E-state index in [4.69, 9.17) is 14.2 Å². The number of likely N-dealkylation sites (tertiary alicyclic amines) is 1. The second-order valence-corrected chi connectivity index (χ2v) is 13.6. The molecule has 0 saturated carbocycles. The summed E-state index contributed by atoms with van der Waals surface area (Å²) in [6, 6.07) is 24.4. The van der Waals surface area contributed by atoms with Gasteiger partial charge in [-0.3, -0.25) is 18.7 Å². The Morgan fingerprint density at radius 1 is 1.00 bits per heavy atom. The number of carbonyl (C=O) groups excluding carboxylic acids is 1. The first-order valence-corrected chi connectivity index (χ1v) is 17.4. The molecule has 2 aliphatic heterocycles. The van der Waals surface area contributed by atoms with Crippen LogP contribution in [-0.2, 0) is 37.2 Å². The number of benzene rings is 3. The summed E-state index contributed by atoms with van der Waals surface area (Å²) < 4.78 is 28.0. The summed E-state index contributed by atoms with van der Waals surface area (Å²) in [5, 5.41) is 5.18. The molecule has 0 radical (unpaired) electrons. The number of rotatable bonds is 10. The molecular formula is C39H43FN5O4+. The van der Waals surface area contributed by atoms with E-state index in [0.717, 1.165) is 84.5 Å². The average Bonchev–Trinajstić information content (AvgIpc) is 3.54. The van der Waals surface area contributed by atoms with Crippen molar-refractivity contribution in [3.05, 3.63) is 129 Å². The molecule has 0 spiro atoms. The van der Waals surface area contributed by atoms with E-state index in [9.17, 15) is 14.0 Å². The Morgan fingerprint density at radius 3 is 2.39 bits per heavy atom. The number of hydrogen-bond acceptors (Lipinski definition) is 6. The van der Waals surface area contributed by atoms with E-state index >= 15 is 0 Å². The minimum Gasteiger partial charge on any atom is -0.399 e. The van der Waals surface area contributed by atoms with Gasteiger partial charge in [0.1, 0.15) is 11.6 Å². The van der Waals surface area contributed by atoms with E-state index < -0.39 is 0 Å².